The summed E-state index contributed by atoms with van der Waals surface area (Å²) in [7, 11) is 1.29. The molecule has 10 N–H and O–H groups in total. The molecular formula is C49H59F3N10O7. The summed E-state index contributed by atoms with van der Waals surface area (Å²) >= 11 is 0. The largest absolute Gasteiger partial charge is 0.492 e. The Morgan fingerprint density at radius 2 is 1.52 bits per heavy atom. The number of ether oxygens (including phenoxy) is 2. The molecule has 4 bridgehead atoms. The number of aryl methyl sites for hydroxylation is 1. The second-order valence-electron chi connectivity index (χ2n) is 17.5. The number of nitrogens with one attached hydrogen (secondary N) is 4. The molecule has 0 aliphatic carbocycles. The number of halogens is 3. The van der Waals surface area contributed by atoms with E-state index in [4.69, 9.17) is 31.9 Å². The van der Waals surface area contributed by atoms with Crippen LogP contribution in [0.15, 0.2) is 66.7 Å². The number of alkyl halides is 3. The van der Waals surface area contributed by atoms with E-state index in [2.05, 4.69) is 26.3 Å². The molecule has 0 saturated heterocycles. The first-order valence-corrected chi connectivity index (χ1v) is 22.3. The lowest BCUT2D eigenvalue weighted by atomic mass is 9.86. The van der Waals surface area contributed by atoms with Crippen molar-refractivity contribution in [2.75, 3.05) is 46.4 Å². The normalized spacial score (nSPS) is 16.7. The van der Waals surface area contributed by atoms with Gasteiger partial charge in [-0.15, -0.1) is 0 Å². The topological polar surface area (TPSA) is 270 Å². The molecule has 0 unspecified atom stereocenters. The van der Waals surface area contributed by atoms with E-state index in [1.807, 2.05) is 26.8 Å². The SMILES string of the molecule is Cc1nc(-c2ccc(C(C)(C)C)cc2)c(C(F)(F)F)cc1C(=O)N[C@@H](CCN)C(=O)N(C)[C@@H]1C(=O)N[C@@H](C)C(=O)N[C@H](C(=O)NCC#N)Cc2ccc(OCCN)c(c2)-c2cc1ccc2OCCN. The van der Waals surface area contributed by atoms with Crippen LogP contribution in [0.1, 0.15) is 78.5 Å². The summed E-state index contributed by atoms with van der Waals surface area (Å²) in [5.41, 5.74) is 17.9. The minimum Gasteiger partial charge on any atom is -0.492 e. The number of aromatic nitrogens is 1. The molecule has 0 fully saturated rings. The first-order valence-electron chi connectivity index (χ1n) is 22.3. The number of benzene rings is 3. The monoisotopic (exact) mass is 956 g/mol. The summed E-state index contributed by atoms with van der Waals surface area (Å²) in [6.45, 7) is 8.60. The van der Waals surface area contributed by atoms with Gasteiger partial charge in [0.15, 0.2) is 0 Å². The number of rotatable bonds is 15. The Labute approximate surface area is 398 Å². The maximum absolute atomic E-state index is 14.7. The lowest BCUT2D eigenvalue weighted by molar-refractivity contribution is -0.141. The number of nitrogens with two attached hydrogens (primary N) is 3. The van der Waals surface area contributed by atoms with Gasteiger partial charge < -0.3 is 52.8 Å². The Balaban J connectivity index is 1.60. The van der Waals surface area contributed by atoms with Crippen LogP contribution in [0.4, 0.5) is 13.2 Å². The first-order chi connectivity index (χ1) is 32.6. The second-order valence-corrected chi connectivity index (χ2v) is 17.5. The number of nitrogens with zero attached hydrogens (tertiary/aromatic N) is 3. The third-order valence-electron chi connectivity index (χ3n) is 11.4. The zero-order valence-corrected chi connectivity index (χ0v) is 39.4. The van der Waals surface area contributed by atoms with Gasteiger partial charge in [0.1, 0.15) is 55.4 Å². The maximum atomic E-state index is 14.7. The number of hydrogen-bond donors (Lipinski definition) is 7. The molecule has 1 aromatic heterocycles. The van der Waals surface area contributed by atoms with Crippen molar-refractivity contribution in [1.29, 1.82) is 5.26 Å². The Bertz CT molecular complexity index is 2580. The van der Waals surface area contributed by atoms with Gasteiger partial charge in [-0.25, -0.2) is 0 Å². The standard InChI is InChI=1S/C49H59F3N10O7/c1-27-33(26-36(49(50,51)52)41(58-27)30-8-11-32(12-9-30)48(3,4)5)44(64)60-37(15-16-53)47(67)62(6)42-31-10-14-40(69-22-19-56)35(25-31)34-23-29(7-13-39(34)68-21-18-55)24-38(45(65)57-20-17-54)61-43(63)28(2)59-46(42)66/h7-14,23,25-26,28,37-38,42H,15-16,18-22,24,53,55-56H2,1-6H3,(H,57,65)(H,59,66)(H,60,64)(H,61,63)/t28-,37-,38-,42-/m0/s1. The molecule has 4 atom stereocenters. The van der Waals surface area contributed by atoms with Crippen LogP contribution in [0.5, 0.6) is 11.5 Å². The summed E-state index contributed by atoms with van der Waals surface area (Å²) in [5, 5.41) is 19.4. The number of nitriles is 1. The summed E-state index contributed by atoms with van der Waals surface area (Å²) in [6, 6.07) is 13.2. The van der Waals surface area contributed by atoms with Gasteiger partial charge in [0, 0.05) is 43.2 Å². The van der Waals surface area contributed by atoms with Crippen molar-refractivity contribution < 1.29 is 46.6 Å². The van der Waals surface area contributed by atoms with E-state index in [0.717, 1.165) is 10.5 Å². The first kappa shape index (κ1) is 52.9. The fourth-order valence-electron chi connectivity index (χ4n) is 7.76. The van der Waals surface area contributed by atoms with Crippen LogP contribution in [-0.2, 0) is 37.2 Å². The van der Waals surface area contributed by atoms with Crippen LogP contribution in [-0.4, -0.2) is 104 Å². The van der Waals surface area contributed by atoms with Crippen molar-refractivity contribution in [2.45, 2.75) is 83.2 Å². The molecule has 5 amide bonds. The Hall–Kier alpha value is -7.08. The zero-order chi connectivity index (χ0) is 50.8. The fourth-order valence-corrected chi connectivity index (χ4v) is 7.76. The molecule has 0 spiro atoms. The predicted molar refractivity (Wildman–Crippen MR) is 251 cm³/mol. The quantitative estimate of drug-likeness (QED) is 0.0844. The summed E-state index contributed by atoms with van der Waals surface area (Å²) in [5.74, 6) is -3.61. The van der Waals surface area contributed by atoms with Crippen molar-refractivity contribution in [3.8, 4) is 40.0 Å². The highest BCUT2D eigenvalue weighted by Crippen LogP contribution is 2.41. The third kappa shape index (κ3) is 12.9. The lowest BCUT2D eigenvalue weighted by Gasteiger charge is -2.32. The predicted octanol–water partition coefficient (Wildman–Crippen LogP) is 3.55. The van der Waals surface area contributed by atoms with E-state index < -0.39 is 71.0 Å². The molecular weight excluding hydrogens is 898 g/mol. The van der Waals surface area contributed by atoms with Crippen LogP contribution in [0.25, 0.3) is 22.4 Å². The number of carbonyl (C=O) groups is 5. The molecule has 20 heteroatoms. The molecule has 17 nitrogen and oxygen atoms in total. The number of carbonyl (C=O) groups excluding carboxylic acids is 5. The molecule has 1 aliphatic rings. The van der Waals surface area contributed by atoms with Gasteiger partial charge in [-0.2, -0.15) is 18.4 Å². The van der Waals surface area contributed by atoms with E-state index in [-0.39, 0.29) is 80.2 Å². The van der Waals surface area contributed by atoms with Crippen LogP contribution >= 0.6 is 0 Å². The molecule has 0 saturated carbocycles. The summed E-state index contributed by atoms with van der Waals surface area (Å²) < 4.78 is 56.3. The van der Waals surface area contributed by atoms with Crippen LogP contribution in [0.3, 0.4) is 0 Å². The molecule has 1 aliphatic heterocycles. The van der Waals surface area contributed by atoms with E-state index >= 15 is 0 Å². The lowest BCUT2D eigenvalue weighted by Crippen LogP contribution is -2.56. The maximum Gasteiger partial charge on any atom is 0.418 e. The van der Waals surface area contributed by atoms with Gasteiger partial charge in [-0.3, -0.25) is 29.0 Å². The molecule has 4 aromatic rings. The number of hydrogen-bond acceptors (Lipinski definition) is 12. The van der Waals surface area contributed by atoms with Crippen LogP contribution < -0.4 is 47.9 Å². The van der Waals surface area contributed by atoms with E-state index in [1.54, 1.807) is 54.6 Å². The van der Waals surface area contributed by atoms with Gasteiger partial charge in [0.25, 0.3) is 5.91 Å². The van der Waals surface area contributed by atoms with Crippen molar-refractivity contribution in [3.05, 3.63) is 100 Å². The molecule has 368 valence electrons. The van der Waals surface area contributed by atoms with Crippen LogP contribution in [0.2, 0.25) is 0 Å². The third-order valence-corrected chi connectivity index (χ3v) is 11.4. The molecule has 5 rings (SSSR count). The second kappa shape index (κ2) is 22.8. The molecule has 3 aromatic carbocycles. The van der Waals surface area contributed by atoms with Crippen molar-refractivity contribution in [1.82, 2.24) is 31.2 Å². The van der Waals surface area contributed by atoms with Crippen molar-refractivity contribution in [3.63, 3.8) is 0 Å². The van der Waals surface area contributed by atoms with Gasteiger partial charge in [0.2, 0.25) is 23.6 Å². The zero-order valence-electron chi connectivity index (χ0n) is 39.4. The Morgan fingerprint density at radius 3 is 2.10 bits per heavy atom. The van der Waals surface area contributed by atoms with Gasteiger partial charge >= 0.3 is 6.18 Å². The molecule has 2 heterocycles. The van der Waals surface area contributed by atoms with Gasteiger partial charge in [0.05, 0.1) is 28.6 Å². The fraction of sp³-hybridized carbons (Fsp3) is 0.408. The number of likely N-dealkylation sites (N-methyl/N-ethyl adjacent to an activating group) is 1. The number of fused-ring (bicyclic) bond motifs is 5. The highest BCUT2D eigenvalue weighted by molar-refractivity contribution is 6.00. The minimum absolute atomic E-state index is 0.0477. The average Bonchev–Trinajstić information content (AvgIpc) is 3.30. The minimum atomic E-state index is -4.93. The van der Waals surface area contributed by atoms with Crippen LogP contribution in [0, 0.1) is 18.3 Å². The van der Waals surface area contributed by atoms with Crippen molar-refractivity contribution >= 4 is 29.5 Å². The highest BCUT2D eigenvalue weighted by Gasteiger charge is 2.39. The summed E-state index contributed by atoms with van der Waals surface area (Å²) in [4.78, 5) is 75.7. The average molecular weight is 957 g/mol. The van der Waals surface area contributed by atoms with Crippen molar-refractivity contribution in [2.24, 2.45) is 17.2 Å². The van der Waals surface area contributed by atoms with Gasteiger partial charge in [-0.05, 0) is 79.3 Å². The van der Waals surface area contributed by atoms with E-state index in [9.17, 15) is 37.1 Å². The van der Waals surface area contributed by atoms with E-state index in [1.165, 1.54) is 27.0 Å². The molecule has 0 radical (unpaired) electrons. The highest BCUT2D eigenvalue weighted by atomic mass is 19.4. The summed E-state index contributed by atoms with van der Waals surface area (Å²) in [6.07, 6.45) is -5.19. The van der Waals surface area contributed by atoms with E-state index in [0.29, 0.717) is 34.3 Å². The number of amides is 5. The Morgan fingerprint density at radius 1 is 0.899 bits per heavy atom. The molecule has 69 heavy (non-hydrogen) atoms. The Kier molecular flexibility index (Phi) is 17.5. The number of pyridine rings is 1. The smallest absolute Gasteiger partial charge is 0.418 e. The van der Waals surface area contributed by atoms with Gasteiger partial charge in [-0.1, -0.05) is 57.2 Å².